The van der Waals surface area contributed by atoms with Crippen LogP contribution in [0.2, 0.25) is 0 Å². The maximum Gasteiger partial charge on any atom is 0.429 e. The summed E-state index contributed by atoms with van der Waals surface area (Å²) >= 11 is 0. The second kappa shape index (κ2) is 18.2. The van der Waals surface area contributed by atoms with Crippen molar-refractivity contribution in [2.75, 3.05) is 6.61 Å². The number of carbonyl (C=O) groups excluding carboxylic acids is 1. The third-order valence-electron chi connectivity index (χ3n) is 5.89. The number of ether oxygens (including phenoxy) is 1. The van der Waals surface area contributed by atoms with Gasteiger partial charge in [-0.3, -0.25) is 4.79 Å². The Labute approximate surface area is 199 Å². The number of imide groups is 1. The van der Waals surface area contributed by atoms with Gasteiger partial charge in [0.25, 0.3) is 5.91 Å². The average Bonchev–Trinajstić information content (AvgIpc) is 2.81. The van der Waals surface area contributed by atoms with Crippen molar-refractivity contribution in [2.24, 2.45) is 5.84 Å². The summed E-state index contributed by atoms with van der Waals surface area (Å²) in [5.41, 5.74) is -0.204. The van der Waals surface area contributed by atoms with Gasteiger partial charge in [0.05, 0.1) is 12.2 Å². The summed E-state index contributed by atoms with van der Waals surface area (Å²) in [6.07, 6.45) is 19.3. The lowest BCUT2D eigenvalue weighted by Crippen LogP contribution is -2.41. The first-order valence-electron chi connectivity index (χ1n) is 12.7. The summed E-state index contributed by atoms with van der Waals surface area (Å²) in [4.78, 5) is 22.8. The van der Waals surface area contributed by atoms with E-state index in [1.807, 2.05) is 0 Å². The first kappa shape index (κ1) is 28.8. The number of carbonyl (C=O) groups is 2. The monoisotopic (exact) mass is 464 g/mol. The van der Waals surface area contributed by atoms with Gasteiger partial charge in [-0.1, -0.05) is 103 Å². The Morgan fingerprint density at radius 3 is 1.73 bits per heavy atom. The molecule has 0 fully saturated rings. The molecule has 7 heteroatoms. The van der Waals surface area contributed by atoms with Crippen LogP contribution in [0.3, 0.4) is 0 Å². The van der Waals surface area contributed by atoms with E-state index in [0.717, 1.165) is 12.8 Å². The van der Waals surface area contributed by atoms with Gasteiger partial charge in [0.15, 0.2) is 0 Å². The normalized spacial score (nSPS) is 10.8. The minimum absolute atomic E-state index is 0.0361. The molecule has 1 rings (SSSR count). The predicted molar refractivity (Wildman–Crippen MR) is 132 cm³/mol. The first-order valence-corrected chi connectivity index (χ1v) is 12.7. The molecule has 0 saturated carbocycles. The quantitative estimate of drug-likeness (QED) is 0.0877. The molecule has 0 atom stereocenters. The molecule has 0 heterocycles. The Bertz CT molecular complexity index is 681. The van der Waals surface area contributed by atoms with Crippen LogP contribution in [-0.2, 0) is 0 Å². The molecular formula is C26H44N2O5. The molecule has 1 aromatic carbocycles. The predicted octanol–water partition coefficient (Wildman–Crippen LogP) is 7.03. The van der Waals surface area contributed by atoms with Crippen molar-refractivity contribution in [1.29, 1.82) is 0 Å². The minimum Gasteiger partial charge on any atom is -0.507 e. The topological polar surface area (TPSA) is 113 Å². The third-order valence-corrected chi connectivity index (χ3v) is 5.89. The molecule has 33 heavy (non-hydrogen) atoms. The fourth-order valence-electron chi connectivity index (χ4n) is 3.83. The zero-order valence-corrected chi connectivity index (χ0v) is 20.4. The average molecular weight is 465 g/mol. The number of rotatable bonds is 19. The van der Waals surface area contributed by atoms with Gasteiger partial charge in [-0.05, 0) is 24.6 Å². The van der Waals surface area contributed by atoms with E-state index in [-0.39, 0.29) is 16.3 Å². The molecule has 4 N–H and O–H groups in total. The second-order valence-electron chi connectivity index (χ2n) is 8.79. The Morgan fingerprint density at radius 1 is 0.818 bits per heavy atom. The fraction of sp³-hybridized carbons (Fsp3) is 0.692. The number of phenolic OH excluding ortho intramolecular Hbond substituents is 1. The van der Waals surface area contributed by atoms with Gasteiger partial charge in [0, 0.05) is 0 Å². The van der Waals surface area contributed by atoms with Crippen LogP contribution in [0.4, 0.5) is 4.79 Å². The summed E-state index contributed by atoms with van der Waals surface area (Å²) < 4.78 is 5.64. The van der Waals surface area contributed by atoms with E-state index >= 15 is 0 Å². The van der Waals surface area contributed by atoms with Crippen LogP contribution in [0.5, 0.6) is 11.5 Å². The van der Waals surface area contributed by atoms with Crippen LogP contribution < -0.4 is 10.6 Å². The van der Waals surface area contributed by atoms with E-state index in [0.29, 0.717) is 12.4 Å². The lowest BCUT2D eigenvalue weighted by molar-refractivity contribution is 0.0738. The number of unbranched alkanes of at least 4 members (excludes halogenated alkanes) is 15. The zero-order valence-electron chi connectivity index (χ0n) is 20.4. The van der Waals surface area contributed by atoms with Crippen molar-refractivity contribution < 1.29 is 24.5 Å². The molecule has 0 aromatic heterocycles. The Kier molecular flexibility index (Phi) is 15.8. The van der Waals surface area contributed by atoms with Crippen molar-refractivity contribution in [3.63, 3.8) is 0 Å². The maximum atomic E-state index is 12.0. The molecule has 0 aliphatic heterocycles. The van der Waals surface area contributed by atoms with Crippen LogP contribution in [0.15, 0.2) is 18.2 Å². The van der Waals surface area contributed by atoms with Crippen LogP contribution in [0, 0.1) is 0 Å². The molecule has 0 spiro atoms. The SMILES string of the molecule is CCCCCCCCCCCCCCCCCCOc1ccc(O)c(C(=O)N(N)C(=O)O)c1. The molecule has 188 valence electrons. The highest BCUT2D eigenvalue weighted by molar-refractivity contribution is 6.03. The summed E-state index contributed by atoms with van der Waals surface area (Å²) in [5, 5.41) is 18.6. The third kappa shape index (κ3) is 13.1. The van der Waals surface area contributed by atoms with E-state index in [9.17, 15) is 14.7 Å². The highest BCUT2D eigenvalue weighted by Crippen LogP contribution is 2.24. The molecule has 0 saturated heterocycles. The van der Waals surface area contributed by atoms with Crippen molar-refractivity contribution >= 4 is 12.0 Å². The lowest BCUT2D eigenvalue weighted by atomic mass is 10.0. The van der Waals surface area contributed by atoms with Gasteiger partial charge in [-0.15, -0.1) is 0 Å². The summed E-state index contributed by atoms with van der Waals surface area (Å²) in [5.74, 6) is 4.24. The lowest BCUT2D eigenvalue weighted by Gasteiger charge is -2.13. The standard InChI is InChI=1S/C26H44N2O5/c1-2-3-4-5-6-7-8-9-10-11-12-13-14-15-16-17-20-33-22-18-19-24(29)23(21-22)25(30)28(27)26(31)32/h18-19,21,29H,2-17,20,27H2,1H3,(H,31,32). The smallest absolute Gasteiger partial charge is 0.429 e. The van der Waals surface area contributed by atoms with E-state index in [4.69, 9.17) is 15.7 Å². The number of nitrogens with two attached hydrogens (primary N) is 1. The van der Waals surface area contributed by atoms with Gasteiger partial charge < -0.3 is 14.9 Å². The Balaban J connectivity index is 2.02. The van der Waals surface area contributed by atoms with Crippen molar-refractivity contribution in [1.82, 2.24) is 5.01 Å². The number of hydrogen-bond acceptors (Lipinski definition) is 5. The number of amides is 2. The highest BCUT2D eigenvalue weighted by atomic mass is 16.5. The maximum absolute atomic E-state index is 12.0. The molecule has 0 bridgehead atoms. The molecule has 0 aliphatic rings. The molecule has 1 aromatic rings. The van der Waals surface area contributed by atoms with Crippen LogP contribution in [0.1, 0.15) is 120 Å². The second-order valence-corrected chi connectivity index (χ2v) is 8.79. The van der Waals surface area contributed by atoms with E-state index in [1.54, 1.807) is 6.07 Å². The summed E-state index contributed by atoms with van der Waals surface area (Å²) in [6, 6.07) is 4.15. The van der Waals surface area contributed by atoms with E-state index in [2.05, 4.69) is 6.92 Å². The molecule has 0 unspecified atom stereocenters. The van der Waals surface area contributed by atoms with E-state index in [1.165, 1.54) is 102 Å². The zero-order chi connectivity index (χ0) is 24.3. The Morgan fingerprint density at radius 2 is 1.27 bits per heavy atom. The molecule has 7 nitrogen and oxygen atoms in total. The van der Waals surface area contributed by atoms with Crippen LogP contribution in [-0.4, -0.2) is 33.8 Å². The number of aromatic hydroxyl groups is 1. The number of carboxylic acid groups (broad SMARTS) is 1. The van der Waals surface area contributed by atoms with E-state index < -0.39 is 12.0 Å². The Hall–Kier alpha value is -2.28. The molecule has 0 radical (unpaired) electrons. The number of hydrogen-bond donors (Lipinski definition) is 3. The van der Waals surface area contributed by atoms with Crippen LogP contribution in [0.25, 0.3) is 0 Å². The van der Waals surface area contributed by atoms with Gasteiger partial charge in [-0.2, -0.15) is 5.01 Å². The number of nitrogens with zero attached hydrogens (tertiary/aromatic N) is 1. The molecule has 2 amide bonds. The fourth-order valence-corrected chi connectivity index (χ4v) is 3.83. The summed E-state index contributed by atoms with van der Waals surface area (Å²) in [7, 11) is 0. The molecule has 0 aliphatic carbocycles. The van der Waals surface area contributed by atoms with Crippen LogP contribution >= 0.6 is 0 Å². The van der Waals surface area contributed by atoms with Gasteiger partial charge >= 0.3 is 6.09 Å². The van der Waals surface area contributed by atoms with Gasteiger partial charge in [0.1, 0.15) is 11.5 Å². The number of hydrazine groups is 1. The summed E-state index contributed by atoms with van der Waals surface area (Å²) in [6.45, 7) is 2.76. The molecular weight excluding hydrogens is 420 g/mol. The van der Waals surface area contributed by atoms with Gasteiger partial charge in [0.2, 0.25) is 0 Å². The van der Waals surface area contributed by atoms with Crippen molar-refractivity contribution in [3.05, 3.63) is 23.8 Å². The first-order chi connectivity index (χ1) is 16.0. The highest BCUT2D eigenvalue weighted by Gasteiger charge is 2.22. The van der Waals surface area contributed by atoms with Crippen molar-refractivity contribution in [3.8, 4) is 11.5 Å². The number of benzene rings is 1. The van der Waals surface area contributed by atoms with Gasteiger partial charge in [-0.25, -0.2) is 10.6 Å². The van der Waals surface area contributed by atoms with Crippen molar-refractivity contribution in [2.45, 2.75) is 110 Å². The minimum atomic E-state index is -1.60. The largest absolute Gasteiger partial charge is 0.507 e. The number of phenols is 1.